The number of nitrogens with zero attached hydrogens (tertiary/aromatic N) is 1. The first-order chi connectivity index (χ1) is 8.66. The number of hydrogen-bond acceptors (Lipinski definition) is 5. The third-order valence-corrected chi connectivity index (χ3v) is 3.40. The molecular formula is C12H16N2O4. The van der Waals surface area contributed by atoms with Gasteiger partial charge in [-0.05, 0) is 12.8 Å². The number of hydrogen-bond donors (Lipinski definition) is 2. The van der Waals surface area contributed by atoms with Gasteiger partial charge in [0.2, 0.25) is 0 Å². The van der Waals surface area contributed by atoms with Crippen LogP contribution in [0.4, 0.5) is 0 Å². The van der Waals surface area contributed by atoms with Crippen molar-refractivity contribution in [3.8, 4) is 0 Å². The average Bonchev–Trinajstić information content (AvgIpc) is 2.93. The molecule has 0 aromatic carbocycles. The van der Waals surface area contributed by atoms with Crippen LogP contribution in [0.1, 0.15) is 41.4 Å². The van der Waals surface area contributed by atoms with Gasteiger partial charge in [0.25, 0.3) is 5.91 Å². The van der Waals surface area contributed by atoms with E-state index in [1.807, 2.05) is 0 Å². The SMILES string of the molecule is O=C(NCC1(O)CCOC1)c1cc(C2CC2)on1. The molecule has 1 atom stereocenters. The summed E-state index contributed by atoms with van der Waals surface area (Å²) >= 11 is 0. The number of carbonyl (C=O) groups is 1. The molecule has 1 saturated carbocycles. The van der Waals surface area contributed by atoms with Crippen LogP contribution in [-0.4, -0.2) is 41.5 Å². The number of rotatable bonds is 4. The van der Waals surface area contributed by atoms with Crippen LogP contribution in [0.25, 0.3) is 0 Å². The Morgan fingerprint density at radius 1 is 1.61 bits per heavy atom. The van der Waals surface area contributed by atoms with Crippen LogP contribution >= 0.6 is 0 Å². The molecule has 2 fully saturated rings. The number of nitrogens with one attached hydrogen (secondary N) is 1. The maximum absolute atomic E-state index is 11.8. The lowest BCUT2D eigenvalue weighted by atomic mass is 10.0. The second-order valence-electron chi connectivity index (χ2n) is 5.10. The van der Waals surface area contributed by atoms with Crippen molar-refractivity contribution in [2.75, 3.05) is 19.8 Å². The van der Waals surface area contributed by atoms with Gasteiger partial charge < -0.3 is 19.7 Å². The quantitative estimate of drug-likeness (QED) is 0.812. The molecule has 2 aliphatic rings. The largest absolute Gasteiger partial charge is 0.386 e. The molecule has 1 aliphatic carbocycles. The molecule has 98 valence electrons. The van der Waals surface area contributed by atoms with Crippen LogP contribution in [0.2, 0.25) is 0 Å². The fourth-order valence-electron chi connectivity index (χ4n) is 2.03. The Labute approximate surface area is 104 Å². The third-order valence-electron chi connectivity index (χ3n) is 3.40. The zero-order valence-corrected chi connectivity index (χ0v) is 10.0. The molecule has 0 bridgehead atoms. The lowest BCUT2D eigenvalue weighted by Gasteiger charge is -2.19. The lowest BCUT2D eigenvalue weighted by molar-refractivity contribution is 0.0263. The monoisotopic (exact) mass is 252 g/mol. The Morgan fingerprint density at radius 3 is 3.11 bits per heavy atom. The number of ether oxygens (including phenoxy) is 1. The zero-order valence-electron chi connectivity index (χ0n) is 10.0. The normalized spacial score (nSPS) is 27.4. The Bertz CT molecular complexity index is 447. The summed E-state index contributed by atoms with van der Waals surface area (Å²) in [5.74, 6) is 0.903. The third kappa shape index (κ3) is 2.39. The second-order valence-corrected chi connectivity index (χ2v) is 5.10. The second kappa shape index (κ2) is 4.37. The molecule has 2 N–H and O–H groups in total. The van der Waals surface area contributed by atoms with Gasteiger partial charge in [-0.2, -0.15) is 0 Å². The average molecular weight is 252 g/mol. The predicted molar refractivity (Wildman–Crippen MR) is 61.2 cm³/mol. The standard InChI is InChI=1S/C12H16N2O4/c15-11(13-6-12(16)3-4-17-7-12)9-5-10(18-14-9)8-1-2-8/h5,8,16H,1-4,6-7H2,(H,13,15). The minimum Gasteiger partial charge on any atom is -0.386 e. The van der Waals surface area contributed by atoms with E-state index in [1.165, 1.54) is 0 Å². The van der Waals surface area contributed by atoms with Crippen molar-refractivity contribution in [3.63, 3.8) is 0 Å². The maximum Gasteiger partial charge on any atom is 0.273 e. The van der Waals surface area contributed by atoms with E-state index >= 15 is 0 Å². The van der Waals surface area contributed by atoms with E-state index in [-0.39, 0.29) is 24.8 Å². The van der Waals surface area contributed by atoms with Gasteiger partial charge in [-0.25, -0.2) is 0 Å². The van der Waals surface area contributed by atoms with Crippen LogP contribution in [0, 0.1) is 0 Å². The van der Waals surface area contributed by atoms with Gasteiger partial charge in [0.1, 0.15) is 11.4 Å². The molecule has 1 saturated heterocycles. The van der Waals surface area contributed by atoms with Crippen LogP contribution in [0.15, 0.2) is 10.6 Å². The van der Waals surface area contributed by atoms with Crippen LogP contribution < -0.4 is 5.32 Å². The van der Waals surface area contributed by atoms with Gasteiger partial charge in [-0.3, -0.25) is 4.79 Å². The van der Waals surface area contributed by atoms with Crippen LogP contribution in [0.5, 0.6) is 0 Å². The van der Waals surface area contributed by atoms with Gasteiger partial charge in [0.05, 0.1) is 6.61 Å². The van der Waals surface area contributed by atoms with Crippen molar-refractivity contribution in [1.82, 2.24) is 10.5 Å². The summed E-state index contributed by atoms with van der Waals surface area (Å²) in [7, 11) is 0. The molecule has 0 spiro atoms. The molecule has 18 heavy (non-hydrogen) atoms. The molecule has 1 aromatic heterocycles. The highest BCUT2D eigenvalue weighted by Crippen LogP contribution is 2.40. The Balaban J connectivity index is 1.56. The Hall–Kier alpha value is -1.40. The molecule has 6 nitrogen and oxygen atoms in total. The smallest absolute Gasteiger partial charge is 0.273 e. The van der Waals surface area contributed by atoms with E-state index in [4.69, 9.17) is 9.26 Å². The van der Waals surface area contributed by atoms with Gasteiger partial charge in [0, 0.05) is 31.6 Å². The maximum atomic E-state index is 11.8. The Kier molecular flexibility index (Phi) is 2.83. The first-order valence-corrected chi connectivity index (χ1v) is 6.21. The number of amides is 1. The van der Waals surface area contributed by atoms with Crippen molar-refractivity contribution in [1.29, 1.82) is 0 Å². The van der Waals surface area contributed by atoms with E-state index in [1.54, 1.807) is 6.07 Å². The number of carbonyl (C=O) groups excluding carboxylic acids is 1. The highest BCUT2D eigenvalue weighted by atomic mass is 16.5. The minimum atomic E-state index is -0.946. The van der Waals surface area contributed by atoms with Crippen molar-refractivity contribution in [3.05, 3.63) is 17.5 Å². The summed E-state index contributed by atoms with van der Waals surface area (Å²) in [4.78, 5) is 11.8. The van der Waals surface area contributed by atoms with E-state index in [0.717, 1.165) is 18.6 Å². The molecule has 0 radical (unpaired) electrons. The van der Waals surface area contributed by atoms with E-state index in [0.29, 0.717) is 18.9 Å². The lowest BCUT2D eigenvalue weighted by Crippen LogP contribution is -2.43. The zero-order chi connectivity index (χ0) is 12.6. The van der Waals surface area contributed by atoms with E-state index < -0.39 is 5.60 Å². The fourth-order valence-corrected chi connectivity index (χ4v) is 2.03. The van der Waals surface area contributed by atoms with Crippen molar-refractivity contribution >= 4 is 5.91 Å². The highest BCUT2D eigenvalue weighted by molar-refractivity contribution is 5.92. The van der Waals surface area contributed by atoms with Crippen LogP contribution in [-0.2, 0) is 4.74 Å². The van der Waals surface area contributed by atoms with Gasteiger partial charge in [-0.15, -0.1) is 0 Å². The molecule has 2 heterocycles. The van der Waals surface area contributed by atoms with Gasteiger partial charge >= 0.3 is 0 Å². The van der Waals surface area contributed by atoms with E-state index in [9.17, 15) is 9.90 Å². The fraction of sp³-hybridized carbons (Fsp3) is 0.667. The first-order valence-electron chi connectivity index (χ1n) is 6.21. The number of aromatic nitrogens is 1. The minimum absolute atomic E-state index is 0.178. The first kappa shape index (κ1) is 11.7. The molecule has 6 heteroatoms. The number of aliphatic hydroxyl groups is 1. The topological polar surface area (TPSA) is 84.6 Å². The molecule has 3 rings (SSSR count). The highest BCUT2D eigenvalue weighted by Gasteiger charge is 2.33. The van der Waals surface area contributed by atoms with Crippen LogP contribution in [0.3, 0.4) is 0 Å². The van der Waals surface area contributed by atoms with Gasteiger partial charge in [0.15, 0.2) is 5.69 Å². The Morgan fingerprint density at radius 2 is 2.44 bits per heavy atom. The van der Waals surface area contributed by atoms with Crippen molar-refractivity contribution in [2.45, 2.75) is 30.8 Å². The molecule has 1 unspecified atom stereocenters. The summed E-state index contributed by atoms with van der Waals surface area (Å²) in [6, 6.07) is 1.68. The summed E-state index contributed by atoms with van der Waals surface area (Å²) in [6.45, 7) is 0.971. The van der Waals surface area contributed by atoms with Crippen molar-refractivity contribution < 1.29 is 19.2 Å². The summed E-state index contributed by atoms with van der Waals surface area (Å²) < 4.78 is 10.2. The molecule has 1 aliphatic heterocycles. The van der Waals surface area contributed by atoms with Gasteiger partial charge in [-0.1, -0.05) is 5.16 Å². The predicted octanol–water partition coefficient (Wildman–Crippen LogP) is 0.433. The summed E-state index contributed by atoms with van der Waals surface area (Å²) in [5, 5.41) is 16.4. The molecule has 1 amide bonds. The van der Waals surface area contributed by atoms with E-state index in [2.05, 4.69) is 10.5 Å². The molecular weight excluding hydrogens is 236 g/mol. The summed E-state index contributed by atoms with van der Waals surface area (Å²) in [5.41, 5.74) is -0.668. The van der Waals surface area contributed by atoms with Crippen molar-refractivity contribution in [2.24, 2.45) is 0 Å². The summed E-state index contributed by atoms with van der Waals surface area (Å²) in [6.07, 6.45) is 2.75. The molecule has 1 aromatic rings.